The maximum Gasteiger partial charge on any atom is 0.272 e. The maximum atomic E-state index is 12.1. The molecule has 1 amide bonds. The van der Waals surface area contributed by atoms with Crippen LogP contribution in [0.3, 0.4) is 0 Å². The van der Waals surface area contributed by atoms with Gasteiger partial charge in [0.25, 0.3) is 5.91 Å². The van der Waals surface area contributed by atoms with Gasteiger partial charge in [0.15, 0.2) is 0 Å². The monoisotopic (exact) mass is 235 g/mol. The van der Waals surface area contributed by atoms with Crippen molar-refractivity contribution in [2.75, 3.05) is 13.1 Å². The SMILES string of the molecule is Cc1cc(C(=O)N2CC(O)(C3CC3)C2)n(C)n1. The van der Waals surface area contributed by atoms with Gasteiger partial charge in [-0.1, -0.05) is 0 Å². The van der Waals surface area contributed by atoms with Crippen molar-refractivity contribution in [2.45, 2.75) is 25.4 Å². The zero-order valence-corrected chi connectivity index (χ0v) is 10.2. The summed E-state index contributed by atoms with van der Waals surface area (Å²) in [7, 11) is 1.77. The number of aryl methyl sites for hydroxylation is 2. The molecule has 2 aliphatic rings. The van der Waals surface area contributed by atoms with E-state index in [4.69, 9.17) is 0 Å². The number of carbonyl (C=O) groups excluding carboxylic acids is 1. The second-order valence-electron chi connectivity index (χ2n) is 5.33. The van der Waals surface area contributed by atoms with Crippen LogP contribution in [0, 0.1) is 12.8 Å². The van der Waals surface area contributed by atoms with E-state index in [1.165, 1.54) is 0 Å². The van der Waals surface area contributed by atoms with Crippen molar-refractivity contribution in [1.82, 2.24) is 14.7 Å². The molecule has 1 aromatic heterocycles. The van der Waals surface area contributed by atoms with Crippen LogP contribution in [0.2, 0.25) is 0 Å². The molecule has 92 valence electrons. The molecule has 0 atom stereocenters. The molecule has 0 spiro atoms. The van der Waals surface area contributed by atoms with Crippen LogP contribution in [0.4, 0.5) is 0 Å². The Hall–Kier alpha value is -1.36. The summed E-state index contributed by atoms with van der Waals surface area (Å²) in [5.41, 5.74) is 0.831. The van der Waals surface area contributed by atoms with E-state index in [0.29, 0.717) is 24.7 Å². The van der Waals surface area contributed by atoms with Crippen LogP contribution in [0.15, 0.2) is 6.07 Å². The molecule has 1 saturated carbocycles. The highest BCUT2D eigenvalue weighted by molar-refractivity contribution is 5.93. The van der Waals surface area contributed by atoms with E-state index in [-0.39, 0.29) is 5.91 Å². The van der Waals surface area contributed by atoms with Gasteiger partial charge >= 0.3 is 0 Å². The average Bonchev–Trinajstić information content (AvgIpc) is 3.00. The lowest BCUT2D eigenvalue weighted by Crippen LogP contribution is -2.64. The van der Waals surface area contributed by atoms with E-state index in [0.717, 1.165) is 18.5 Å². The normalized spacial score (nSPS) is 22.4. The third kappa shape index (κ3) is 1.65. The van der Waals surface area contributed by atoms with Crippen LogP contribution in [0.25, 0.3) is 0 Å². The van der Waals surface area contributed by atoms with E-state index in [9.17, 15) is 9.90 Å². The predicted octanol–water partition coefficient (Wildman–Crippen LogP) is 0.325. The Morgan fingerprint density at radius 2 is 2.18 bits per heavy atom. The number of β-amino-alcohol motifs (C(OH)–C–C–N with tert-alkyl or cyclic N) is 1. The Bertz CT molecular complexity index is 470. The Labute approximate surface area is 100 Å². The van der Waals surface area contributed by atoms with Gasteiger partial charge in [0, 0.05) is 7.05 Å². The largest absolute Gasteiger partial charge is 0.386 e. The van der Waals surface area contributed by atoms with Crippen molar-refractivity contribution >= 4 is 5.91 Å². The molecule has 0 aromatic carbocycles. The molecule has 1 aliphatic carbocycles. The Kier molecular flexibility index (Phi) is 2.10. The lowest BCUT2D eigenvalue weighted by Gasteiger charge is -2.46. The molecule has 0 radical (unpaired) electrons. The third-order valence-electron chi connectivity index (χ3n) is 3.77. The quantitative estimate of drug-likeness (QED) is 0.803. The maximum absolute atomic E-state index is 12.1. The predicted molar refractivity (Wildman–Crippen MR) is 61.5 cm³/mol. The first-order valence-electron chi connectivity index (χ1n) is 6.02. The van der Waals surface area contributed by atoms with Crippen molar-refractivity contribution in [2.24, 2.45) is 13.0 Å². The van der Waals surface area contributed by atoms with Crippen LogP contribution in [0.1, 0.15) is 29.0 Å². The van der Waals surface area contributed by atoms with Gasteiger partial charge in [-0.15, -0.1) is 0 Å². The van der Waals surface area contributed by atoms with E-state index in [1.807, 2.05) is 6.92 Å². The van der Waals surface area contributed by atoms with Crippen LogP contribution >= 0.6 is 0 Å². The molecule has 5 nitrogen and oxygen atoms in total. The third-order valence-corrected chi connectivity index (χ3v) is 3.77. The highest BCUT2D eigenvalue weighted by Crippen LogP contribution is 2.44. The van der Waals surface area contributed by atoms with Crippen LogP contribution in [0.5, 0.6) is 0 Å². The van der Waals surface area contributed by atoms with Crippen LogP contribution in [-0.4, -0.2) is 44.4 Å². The number of carbonyl (C=O) groups is 1. The number of rotatable bonds is 2. The topological polar surface area (TPSA) is 58.4 Å². The number of hydrogen-bond donors (Lipinski definition) is 1. The summed E-state index contributed by atoms with van der Waals surface area (Å²) in [6.07, 6.45) is 2.20. The fraction of sp³-hybridized carbons (Fsp3) is 0.667. The molecular formula is C12H17N3O2. The molecule has 0 unspecified atom stereocenters. The van der Waals surface area contributed by atoms with Crippen LogP contribution < -0.4 is 0 Å². The van der Waals surface area contributed by atoms with E-state index in [2.05, 4.69) is 5.10 Å². The van der Waals surface area contributed by atoms with Crippen molar-refractivity contribution in [1.29, 1.82) is 0 Å². The highest BCUT2D eigenvalue weighted by atomic mass is 16.3. The summed E-state index contributed by atoms with van der Waals surface area (Å²) < 4.78 is 1.60. The minimum atomic E-state index is -0.608. The molecule has 5 heteroatoms. The molecule has 2 heterocycles. The first-order valence-corrected chi connectivity index (χ1v) is 6.02. The summed E-state index contributed by atoms with van der Waals surface area (Å²) in [5, 5.41) is 14.3. The van der Waals surface area contributed by atoms with Gasteiger partial charge in [-0.25, -0.2) is 0 Å². The molecule has 0 bridgehead atoms. The van der Waals surface area contributed by atoms with Gasteiger partial charge in [-0.05, 0) is 31.7 Å². The first-order chi connectivity index (χ1) is 7.99. The summed E-state index contributed by atoms with van der Waals surface area (Å²) in [4.78, 5) is 13.8. The second kappa shape index (κ2) is 3.32. The molecule has 17 heavy (non-hydrogen) atoms. The van der Waals surface area contributed by atoms with E-state index in [1.54, 1.807) is 22.7 Å². The average molecular weight is 235 g/mol. The van der Waals surface area contributed by atoms with Crippen molar-refractivity contribution in [3.8, 4) is 0 Å². The van der Waals surface area contributed by atoms with Crippen molar-refractivity contribution in [3.05, 3.63) is 17.5 Å². The molecular weight excluding hydrogens is 218 g/mol. The Balaban J connectivity index is 1.71. The standard InChI is InChI=1S/C12H17N3O2/c1-8-5-10(14(2)13-8)11(16)15-6-12(17,7-15)9-3-4-9/h5,9,17H,3-4,6-7H2,1-2H3. The van der Waals surface area contributed by atoms with Crippen molar-refractivity contribution in [3.63, 3.8) is 0 Å². The number of hydrogen-bond acceptors (Lipinski definition) is 3. The minimum absolute atomic E-state index is 0.0292. The molecule has 3 rings (SSSR count). The molecule has 1 saturated heterocycles. The number of aliphatic hydroxyl groups is 1. The molecule has 1 aliphatic heterocycles. The zero-order valence-electron chi connectivity index (χ0n) is 10.2. The molecule has 1 N–H and O–H groups in total. The number of aromatic nitrogens is 2. The van der Waals surface area contributed by atoms with Gasteiger partial charge < -0.3 is 10.0 Å². The fourth-order valence-electron chi connectivity index (χ4n) is 2.61. The fourth-order valence-corrected chi connectivity index (χ4v) is 2.61. The van der Waals surface area contributed by atoms with E-state index >= 15 is 0 Å². The summed E-state index contributed by atoms with van der Waals surface area (Å²) >= 11 is 0. The van der Waals surface area contributed by atoms with Gasteiger partial charge in [-0.3, -0.25) is 9.48 Å². The highest BCUT2D eigenvalue weighted by Gasteiger charge is 2.53. The first kappa shape index (κ1) is 10.8. The van der Waals surface area contributed by atoms with Crippen molar-refractivity contribution < 1.29 is 9.90 Å². The van der Waals surface area contributed by atoms with Gasteiger partial charge in [0.1, 0.15) is 11.3 Å². The summed E-state index contributed by atoms with van der Waals surface area (Å²) in [5.74, 6) is 0.387. The smallest absolute Gasteiger partial charge is 0.272 e. The minimum Gasteiger partial charge on any atom is -0.386 e. The molecule has 1 aromatic rings. The Morgan fingerprint density at radius 1 is 1.53 bits per heavy atom. The lowest BCUT2D eigenvalue weighted by molar-refractivity contribution is -0.0960. The second-order valence-corrected chi connectivity index (χ2v) is 5.33. The van der Waals surface area contributed by atoms with Gasteiger partial charge in [-0.2, -0.15) is 5.10 Å². The molecule has 2 fully saturated rings. The number of amides is 1. The number of nitrogens with zero attached hydrogens (tertiary/aromatic N) is 3. The van der Waals surface area contributed by atoms with Crippen LogP contribution in [-0.2, 0) is 7.05 Å². The van der Waals surface area contributed by atoms with Gasteiger partial charge in [0.05, 0.1) is 18.8 Å². The summed E-state index contributed by atoms with van der Waals surface area (Å²) in [6, 6.07) is 1.79. The summed E-state index contributed by atoms with van der Waals surface area (Å²) in [6.45, 7) is 2.81. The lowest BCUT2D eigenvalue weighted by atomic mass is 9.88. The Morgan fingerprint density at radius 3 is 2.65 bits per heavy atom. The zero-order chi connectivity index (χ0) is 12.2. The van der Waals surface area contributed by atoms with Gasteiger partial charge in [0.2, 0.25) is 0 Å². The number of likely N-dealkylation sites (tertiary alicyclic amines) is 1. The van der Waals surface area contributed by atoms with E-state index < -0.39 is 5.60 Å².